The van der Waals surface area contributed by atoms with Crippen molar-refractivity contribution in [3.8, 4) is 11.4 Å². The molecule has 184 valence electrons. The van der Waals surface area contributed by atoms with Crippen LogP contribution in [0.25, 0.3) is 17.5 Å². The summed E-state index contributed by atoms with van der Waals surface area (Å²) in [6.07, 6.45) is 11.0. The highest BCUT2D eigenvalue weighted by Crippen LogP contribution is 2.34. The smallest absolute Gasteiger partial charge is 0.409 e. The van der Waals surface area contributed by atoms with Gasteiger partial charge in [-0.05, 0) is 44.6 Å². The number of pyridine rings is 1. The second-order valence-corrected chi connectivity index (χ2v) is 10.2. The van der Waals surface area contributed by atoms with E-state index in [1.54, 1.807) is 0 Å². The van der Waals surface area contributed by atoms with Gasteiger partial charge in [-0.15, -0.1) is 0 Å². The summed E-state index contributed by atoms with van der Waals surface area (Å²) < 4.78 is 11.2. The number of piperidine rings is 1. The molecule has 3 fully saturated rings. The molecule has 2 aromatic rings. The number of carbonyl (C=O) groups is 1. The summed E-state index contributed by atoms with van der Waals surface area (Å²) in [5, 5.41) is 0. The minimum atomic E-state index is -0.166. The molecule has 0 radical (unpaired) electrons. The number of hydrogen-bond acceptors (Lipinski definition) is 7. The van der Waals surface area contributed by atoms with E-state index in [1.807, 2.05) is 17.2 Å². The molecule has 4 aliphatic rings. The zero-order valence-corrected chi connectivity index (χ0v) is 20.4. The van der Waals surface area contributed by atoms with E-state index in [9.17, 15) is 4.79 Å². The van der Waals surface area contributed by atoms with Crippen LogP contribution in [0.5, 0.6) is 0 Å². The summed E-state index contributed by atoms with van der Waals surface area (Å²) in [5.41, 5.74) is 4.30. The summed E-state index contributed by atoms with van der Waals surface area (Å²) in [4.78, 5) is 31.3. The van der Waals surface area contributed by atoms with Gasteiger partial charge in [0.15, 0.2) is 5.82 Å². The van der Waals surface area contributed by atoms with E-state index in [2.05, 4.69) is 35.0 Å². The molecule has 35 heavy (non-hydrogen) atoms. The lowest BCUT2D eigenvalue weighted by Crippen LogP contribution is -2.44. The number of morpholine rings is 1. The van der Waals surface area contributed by atoms with Crippen LogP contribution in [0.3, 0.4) is 0 Å². The van der Waals surface area contributed by atoms with Gasteiger partial charge >= 0.3 is 6.09 Å². The van der Waals surface area contributed by atoms with Gasteiger partial charge in [-0.1, -0.05) is 12.2 Å². The Balaban J connectivity index is 1.27. The van der Waals surface area contributed by atoms with Crippen molar-refractivity contribution in [3.05, 3.63) is 41.4 Å². The van der Waals surface area contributed by atoms with Crippen molar-refractivity contribution >= 4 is 18.0 Å². The number of likely N-dealkylation sites (tertiary alicyclic amines) is 1. The van der Waals surface area contributed by atoms with Gasteiger partial charge in [0.2, 0.25) is 0 Å². The average Bonchev–Trinajstić information content (AvgIpc) is 3.60. The van der Waals surface area contributed by atoms with Crippen LogP contribution in [-0.2, 0) is 15.9 Å². The molecular formula is C27H33N5O3. The number of hydrogen-bond donors (Lipinski definition) is 0. The Kier molecular flexibility index (Phi) is 6.14. The van der Waals surface area contributed by atoms with Gasteiger partial charge in [-0.25, -0.2) is 14.8 Å². The molecule has 2 aliphatic carbocycles. The van der Waals surface area contributed by atoms with Crippen LogP contribution in [0, 0.1) is 5.92 Å². The predicted octanol–water partition coefficient (Wildman–Crippen LogP) is 4.06. The number of aromatic nitrogens is 3. The second kappa shape index (κ2) is 9.57. The normalized spacial score (nSPS) is 22.4. The monoisotopic (exact) mass is 475 g/mol. The van der Waals surface area contributed by atoms with E-state index in [4.69, 9.17) is 19.4 Å². The molecule has 8 nitrogen and oxygen atoms in total. The van der Waals surface area contributed by atoms with Crippen molar-refractivity contribution in [2.45, 2.75) is 51.0 Å². The molecule has 0 spiro atoms. The first-order valence-corrected chi connectivity index (χ1v) is 13.0. The largest absolute Gasteiger partial charge is 0.449 e. The molecule has 1 amide bonds. The van der Waals surface area contributed by atoms with Gasteiger partial charge in [0.1, 0.15) is 5.82 Å². The fourth-order valence-electron chi connectivity index (χ4n) is 5.27. The van der Waals surface area contributed by atoms with Crippen LogP contribution in [0.15, 0.2) is 24.4 Å². The Morgan fingerprint density at radius 1 is 1.17 bits per heavy atom. The zero-order chi connectivity index (χ0) is 23.8. The van der Waals surface area contributed by atoms with Crippen molar-refractivity contribution in [2.75, 3.05) is 44.4 Å². The van der Waals surface area contributed by atoms with Gasteiger partial charge in [-0.3, -0.25) is 4.98 Å². The Labute approximate surface area is 206 Å². The molecule has 0 aromatic carbocycles. The molecule has 0 bridgehead atoms. The van der Waals surface area contributed by atoms with E-state index < -0.39 is 0 Å². The van der Waals surface area contributed by atoms with E-state index in [0.717, 1.165) is 60.0 Å². The highest BCUT2D eigenvalue weighted by Gasteiger charge is 2.30. The third kappa shape index (κ3) is 4.76. The fraction of sp³-hybridized carbons (Fsp3) is 0.556. The number of nitrogens with zero attached hydrogens (tertiary/aromatic N) is 5. The number of fused-ring (bicyclic) bond motifs is 1. The second-order valence-electron chi connectivity index (χ2n) is 10.2. The molecule has 1 atom stereocenters. The molecule has 1 saturated carbocycles. The van der Waals surface area contributed by atoms with E-state index in [1.165, 1.54) is 12.8 Å². The van der Waals surface area contributed by atoms with Crippen LogP contribution >= 0.6 is 0 Å². The molecule has 4 heterocycles. The first-order valence-electron chi connectivity index (χ1n) is 13.0. The minimum Gasteiger partial charge on any atom is -0.449 e. The van der Waals surface area contributed by atoms with Gasteiger partial charge in [0.25, 0.3) is 0 Å². The van der Waals surface area contributed by atoms with Crippen LogP contribution in [0.1, 0.15) is 55.5 Å². The average molecular weight is 476 g/mol. The topological polar surface area (TPSA) is 80.7 Å². The predicted molar refractivity (Wildman–Crippen MR) is 133 cm³/mol. The molecule has 0 N–H and O–H groups in total. The van der Waals surface area contributed by atoms with Crippen molar-refractivity contribution in [1.29, 1.82) is 0 Å². The lowest BCUT2D eigenvalue weighted by Gasteiger charge is -2.35. The number of ether oxygens (including phenoxy) is 2. The standard InChI is InChI=1S/C27H33N5O3/c1-18-16-34-14-13-32(18)25-15-24(20-8-11-31(12-9-20)27(33)35-17-19-5-6-19)29-26(30-25)22-7-10-28-23-4-2-3-21(22)23/h2-3,7,10,15,18-20H,4-6,8-9,11-14,16-17H2,1H3/t18-/m1/s1. The van der Waals surface area contributed by atoms with Gasteiger partial charge in [-0.2, -0.15) is 0 Å². The summed E-state index contributed by atoms with van der Waals surface area (Å²) >= 11 is 0. The molecule has 2 aromatic heterocycles. The number of anilines is 1. The highest BCUT2D eigenvalue weighted by molar-refractivity contribution is 5.75. The van der Waals surface area contributed by atoms with Gasteiger partial charge < -0.3 is 19.3 Å². The molecule has 2 saturated heterocycles. The van der Waals surface area contributed by atoms with E-state index >= 15 is 0 Å². The quantitative estimate of drug-likeness (QED) is 0.645. The Morgan fingerprint density at radius 3 is 2.83 bits per heavy atom. The third-order valence-corrected chi connectivity index (χ3v) is 7.61. The minimum absolute atomic E-state index is 0.166. The Morgan fingerprint density at radius 2 is 2.03 bits per heavy atom. The Bertz CT molecular complexity index is 1120. The highest BCUT2D eigenvalue weighted by atomic mass is 16.6. The molecule has 0 unspecified atom stereocenters. The first kappa shape index (κ1) is 22.5. The van der Waals surface area contributed by atoms with Crippen LogP contribution < -0.4 is 4.90 Å². The summed E-state index contributed by atoms with van der Waals surface area (Å²) in [6.45, 7) is 6.36. The van der Waals surface area contributed by atoms with E-state index in [0.29, 0.717) is 38.8 Å². The van der Waals surface area contributed by atoms with Crippen molar-refractivity contribution in [2.24, 2.45) is 5.92 Å². The molecule has 6 rings (SSSR count). The number of carbonyl (C=O) groups excluding carboxylic acids is 1. The first-order chi connectivity index (χ1) is 17.2. The number of allylic oxidation sites excluding steroid dienone is 1. The fourth-order valence-corrected chi connectivity index (χ4v) is 5.27. The van der Waals surface area contributed by atoms with E-state index in [-0.39, 0.29) is 18.1 Å². The van der Waals surface area contributed by atoms with Crippen LogP contribution in [0.4, 0.5) is 10.6 Å². The molecular weight excluding hydrogens is 442 g/mol. The SMILES string of the molecule is C[C@@H]1COCCN1c1cc(C2CCN(C(=O)OCC3CC3)CC2)nc(-c2ccnc3c2C=CC3)n1. The maximum atomic E-state index is 12.5. The van der Waals surface area contributed by atoms with Crippen LogP contribution in [-0.4, -0.2) is 71.4 Å². The summed E-state index contributed by atoms with van der Waals surface area (Å²) in [6, 6.07) is 4.44. The van der Waals surface area contributed by atoms with Crippen LogP contribution in [0.2, 0.25) is 0 Å². The number of amides is 1. The summed E-state index contributed by atoms with van der Waals surface area (Å²) in [5.74, 6) is 2.58. The lowest BCUT2D eigenvalue weighted by atomic mass is 9.93. The van der Waals surface area contributed by atoms with Gasteiger partial charge in [0.05, 0.1) is 31.6 Å². The van der Waals surface area contributed by atoms with Crippen molar-refractivity contribution < 1.29 is 14.3 Å². The zero-order valence-electron chi connectivity index (χ0n) is 20.4. The number of rotatable bonds is 5. The van der Waals surface area contributed by atoms with Crippen molar-refractivity contribution in [3.63, 3.8) is 0 Å². The summed E-state index contributed by atoms with van der Waals surface area (Å²) in [7, 11) is 0. The van der Waals surface area contributed by atoms with Crippen molar-refractivity contribution in [1.82, 2.24) is 19.9 Å². The molecule has 8 heteroatoms. The third-order valence-electron chi connectivity index (χ3n) is 7.61. The maximum Gasteiger partial charge on any atom is 0.409 e. The Hall–Kier alpha value is -3.00. The van der Waals surface area contributed by atoms with Gasteiger partial charge in [0, 0.05) is 61.1 Å². The molecule has 2 aliphatic heterocycles. The maximum absolute atomic E-state index is 12.5. The lowest BCUT2D eigenvalue weighted by molar-refractivity contribution is 0.0887.